The Kier molecular flexibility index (Phi) is 4.06. The van der Waals surface area contributed by atoms with E-state index in [1.807, 2.05) is 6.07 Å². The zero-order valence-electron chi connectivity index (χ0n) is 7.43. The highest BCUT2D eigenvalue weighted by molar-refractivity contribution is 7.16. The number of hydrogen-bond acceptors (Lipinski definition) is 2. The average molecular weight is 204 g/mol. The van der Waals surface area contributed by atoms with Crippen LogP contribution < -0.4 is 5.32 Å². The first-order valence-electron chi connectivity index (χ1n) is 4.26. The minimum Gasteiger partial charge on any atom is -0.310 e. The molecule has 0 fully saturated rings. The van der Waals surface area contributed by atoms with Gasteiger partial charge in [-0.2, -0.15) is 0 Å². The minimum atomic E-state index is 0.479. The Morgan fingerprint density at radius 2 is 2.25 bits per heavy atom. The SMILES string of the molecule is CCNC(CC)c1ccc(Cl)s1. The van der Waals surface area contributed by atoms with Gasteiger partial charge >= 0.3 is 0 Å². The monoisotopic (exact) mass is 203 g/mol. The lowest BCUT2D eigenvalue weighted by Crippen LogP contribution is -2.18. The van der Waals surface area contributed by atoms with E-state index in [1.54, 1.807) is 11.3 Å². The van der Waals surface area contributed by atoms with Crippen LogP contribution in [0.5, 0.6) is 0 Å². The Bertz CT molecular complexity index is 234. The summed E-state index contributed by atoms with van der Waals surface area (Å²) in [5.41, 5.74) is 0. The fourth-order valence-corrected chi connectivity index (χ4v) is 2.43. The maximum absolute atomic E-state index is 5.85. The second kappa shape index (κ2) is 4.85. The van der Waals surface area contributed by atoms with Gasteiger partial charge in [-0.3, -0.25) is 0 Å². The highest BCUT2D eigenvalue weighted by Crippen LogP contribution is 2.28. The van der Waals surface area contributed by atoms with Crippen LogP contribution >= 0.6 is 22.9 Å². The first-order valence-corrected chi connectivity index (χ1v) is 5.46. The van der Waals surface area contributed by atoms with Crippen LogP contribution in [0.3, 0.4) is 0 Å². The number of nitrogens with one attached hydrogen (secondary N) is 1. The average Bonchev–Trinajstić information content (AvgIpc) is 2.47. The molecule has 0 aliphatic carbocycles. The number of thiophene rings is 1. The van der Waals surface area contributed by atoms with Crippen molar-refractivity contribution in [3.05, 3.63) is 21.3 Å². The summed E-state index contributed by atoms with van der Waals surface area (Å²) in [6.07, 6.45) is 1.12. The summed E-state index contributed by atoms with van der Waals surface area (Å²) < 4.78 is 0.876. The van der Waals surface area contributed by atoms with E-state index in [0.717, 1.165) is 17.3 Å². The molecule has 1 nitrogen and oxygen atoms in total. The summed E-state index contributed by atoms with van der Waals surface area (Å²) in [6.45, 7) is 5.31. The fraction of sp³-hybridized carbons (Fsp3) is 0.556. The first kappa shape index (κ1) is 10.0. The van der Waals surface area contributed by atoms with Crippen LogP contribution in [0.1, 0.15) is 31.2 Å². The van der Waals surface area contributed by atoms with Crippen molar-refractivity contribution in [2.45, 2.75) is 26.3 Å². The van der Waals surface area contributed by atoms with E-state index in [2.05, 4.69) is 25.2 Å². The van der Waals surface area contributed by atoms with Crippen LogP contribution in [0, 0.1) is 0 Å². The van der Waals surface area contributed by atoms with Crippen LogP contribution in [0.4, 0.5) is 0 Å². The van der Waals surface area contributed by atoms with Crippen LogP contribution in [0.2, 0.25) is 4.34 Å². The lowest BCUT2D eigenvalue weighted by molar-refractivity contribution is 0.545. The topological polar surface area (TPSA) is 12.0 Å². The third kappa shape index (κ3) is 2.47. The third-order valence-electron chi connectivity index (χ3n) is 1.80. The maximum atomic E-state index is 5.85. The van der Waals surface area contributed by atoms with E-state index >= 15 is 0 Å². The van der Waals surface area contributed by atoms with Crippen molar-refractivity contribution in [1.29, 1.82) is 0 Å². The predicted molar refractivity (Wildman–Crippen MR) is 56.0 cm³/mol. The predicted octanol–water partition coefficient (Wildman–Crippen LogP) is 3.46. The summed E-state index contributed by atoms with van der Waals surface area (Å²) >= 11 is 7.52. The Morgan fingerprint density at radius 3 is 2.67 bits per heavy atom. The number of hydrogen-bond donors (Lipinski definition) is 1. The summed E-state index contributed by atoms with van der Waals surface area (Å²) in [5, 5.41) is 3.41. The van der Waals surface area contributed by atoms with Crippen LogP contribution in [0.25, 0.3) is 0 Å². The largest absolute Gasteiger partial charge is 0.310 e. The molecular formula is C9H14ClNS. The van der Waals surface area contributed by atoms with Gasteiger partial charge in [-0.1, -0.05) is 25.4 Å². The maximum Gasteiger partial charge on any atom is 0.0931 e. The number of halogens is 1. The Hall–Kier alpha value is -0.0500. The molecule has 1 N–H and O–H groups in total. The summed E-state index contributed by atoms with van der Waals surface area (Å²) in [5.74, 6) is 0. The quantitative estimate of drug-likeness (QED) is 0.791. The first-order chi connectivity index (χ1) is 5.77. The molecule has 1 aromatic rings. The van der Waals surface area contributed by atoms with E-state index in [0.29, 0.717) is 6.04 Å². The van der Waals surface area contributed by atoms with Gasteiger partial charge in [-0.05, 0) is 25.1 Å². The van der Waals surface area contributed by atoms with Gasteiger partial charge in [0, 0.05) is 10.9 Å². The van der Waals surface area contributed by atoms with Gasteiger partial charge in [0.15, 0.2) is 0 Å². The lowest BCUT2D eigenvalue weighted by Gasteiger charge is -2.12. The van der Waals surface area contributed by atoms with Gasteiger partial charge in [-0.15, -0.1) is 11.3 Å². The van der Waals surface area contributed by atoms with E-state index in [1.165, 1.54) is 4.88 Å². The molecule has 0 aromatic carbocycles. The van der Waals surface area contributed by atoms with E-state index < -0.39 is 0 Å². The van der Waals surface area contributed by atoms with Crippen molar-refractivity contribution in [3.63, 3.8) is 0 Å². The van der Waals surface area contributed by atoms with E-state index in [4.69, 9.17) is 11.6 Å². The highest BCUT2D eigenvalue weighted by Gasteiger charge is 2.09. The Morgan fingerprint density at radius 1 is 1.50 bits per heavy atom. The highest BCUT2D eigenvalue weighted by atomic mass is 35.5. The third-order valence-corrected chi connectivity index (χ3v) is 3.14. The molecule has 0 spiro atoms. The second-order valence-electron chi connectivity index (χ2n) is 2.66. The summed E-state index contributed by atoms with van der Waals surface area (Å²) in [6, 6.07) is 4.54. The molecule has 0 bridgehead atoms. The summed E-state index contributed by atoms with van der Waals surface area (Å²) in [7, 11) is 0. The van der Waals surface area contributed by atoms with Gasteiger partial charge < -0.3 is 5.32 Å². The van der Waals surface area contributed by atoms with Crippen LogP contribution in [-0.4, -0.2) is 6.54 Å². The normalized spacial score (nSPS) is 13.2. The zero-order chi connectivity index (χ0) is 8.97. The molecule has 0 radical (unpaired) electrons. The van der Waals surface area contributed by atoms with Gasteiger partial charge in [0.2, 0.25) is 0 Å². The minimum absolute atomic E-state index is 0.479. The molecule has 12 heavy (non-hydrogen) atoms. The molecule has 1 atom stereocenters. The smallest absolute Gasteiger partial charge is 0.0931 e. The molecule has 3 heteroatoms. The van der Waals surface area contributed by atoms with Crippen molar-refractivity contribution >= 4 is 22.9 Å². The second-order valence-corrected chi connectivity index (χ2v) is 4.41. The van der Waals surface area contributed by atoms with E-state index in [-0.39, 0.29) is 0 Å². The zero-order valence-corrected chi connectivity index (χ0v) is 9.00. The molecule has 1 unspecified atom stereocenters. The lowest BCUT2D eigenvalue weighted by atomic mass is 10.2. The molecule has 0 aliphatic heterocycles. The van der Waals surface area contributed by atoms with E-state index in [9.17, 15) is 0 Å². The molecular weight excluding hydrogens is 190 g/mol. The van der Waals surface area contributed by atoms with Crippen LogP contribution in [0.15, 0.2) is 12.1 Å². The van der Waals surface area contributed by atoms with Gasteiger partial charge in [-0.25, -0.2) is 0 Å². The number of rotatable bonds is 4. The van der Waals surface area contributed by atoms with Crippen molar-refractivity contribution in [3.8, 4) is 0 Å². The molecule has 68 valence electrons. The van der Waals surface area contributed by atoms with Crippen molar-refractivity contribution in [2.24, 2.45) is 0 Å². The molecule has 0 saturated heterocycles. The Balaban J connectivity index is 2.66. The molecule has 1 rings (SSSR count). The van der Waals surface area contributed by atoms with Crippen molar-refractivity contribution in [2.75, 3.05) is 6.54 Å². The molecule has 0 aliphatic rings. The molecule has 1 aromatic heterocycles. The van der Waals surface area contributed by atoms with Gasteiger partial charge in [0.05, 0.1) is 4.34 Å². The molecule has 0 saturated carbocycles. The summed E-state index contributed by atoms with van der Waals surface area (Å²) in [4.78, 5) is 1.34. The molecule has 0 amide bonds. The Labute approximate surface area is 82.7 Å². The van der Waals surface area contributed by atoms with Crippen molar-refractivity contribution in [1.82, 2.24) is 5.32 Å². The van der Waals surface area contributed by atoms with Crippen molar-refractivity contribution < 1.29 is 0 Å². The van der Waals surface area contributed by atoms with Gasteiger partial charge in [0.1, 0.15) is 0 Å². The standard InChI is InChI=1S/C9H14ClNS/c1-3-7(11-4-2)8-5-6-9(10)12-8/h5-7,11H,3-4H2,1-2H3. The fourth-order valence-electron chi connectivity index (χ4n) is 1.21. The molecule has 1 heterocycles. The van der Waals surface area contributed by atoms with Gasteiger partial charge in [0.25, 0.3) is 0 Å². The van der Waals surface area contributed by atoms with Crippen LogP contribution in [-0.2, 0) is 0 Å².